The molecule has 24 heavy (non-hydrogen) atoms. The molecule has 0 aliphatic rings. The van der Waals surface area contributed by atoms with Crippen LogP contribution in [0.1, 0.15) is 11.5 Å². The van der Waals surface area contributed by atoms with E-state index in [1.807, 2.05) is 24.3 Å². The molecule has 6 nitrogen and oxygen atoms in total. The number of hydrogen-bond acceptors (Lipinski definition) is 6. The van der Waals surface area contributed by atoms with Crippen LogP contribution in [-0.2, 0) is 11.4 Å². The van der Waals surface area contributed by atoms with Crippen molar-refractivity contribution in [2.75, 3.05) is 7.11 Å². The van der Waals surface area contributed by atoms with Gasteiger partial charge in [-0.05, 0) is 54.1 Å². The minimum atomic E-state index is -0.324. The van der Waals surface area contributed by atoms with E-state index in [0.29, 0.717) is 11.5 Å². The van der Waals surface area contributed by atoms with E-state index >= 15 is 0 Å². The molecule has 0 unspecified atom stereocenters. The molecule has 0 bridgehead atoms. The number of benzene rings is 2. The van der Waals surface area contributed by atoms with Crippen molar-refractivity contribution in [2.24, 2.45) is 5.16 Å². The van der Waals surface area contributed by atoms with Gasteiger partial charge in [0.15, 0.2) is 6.61 Å². The third-order valence-corrected chi connectivity index (χ3v) is 3.14. The van der Waals surface area contributed by atoms with Crippen molar-refractivity contribution in [1.29, 1.82) is 0 Å². The predicted molar refractivity (Wildman–Crippen MR) is 85.1 cm³/mol. The van der Waals surface area contributed by atoms with Gasteiger partial charge in [0, 0.05) is 5.56 Å². The Bertz CT molecular complexity index is 814. The van der Waals surface area contributed by atoms with Crippen LogP contribution in [-0.4, -0.2) is 23.5 Å². The Balaban J connectivity index is 1.55. The van der Waals surface area contributed by atoms with Crippen LogP contribution in [0.25, 0.3) is 11.5 Å². The molecule has 0 spiro atoms. The first-order valence-corrected chi connectivity index (χ1v) is 7.12. The zero-order valence-electron chi connectivity index (χ0n) is 12.8. The quantitative estimate of drug-likeness (QED) is 0.512. The average Bonchev–Trinajstić information content (AvgIpc) is 3.09. The number of hydrogen-bond donors (Lipinski definition) is 0. The van der Waals surface area contributed by atoms with Crippen molar-refractivity contribution in [3.05, 3.63) is 65.8 Å². The maximum absolute atomic E-state index is 12.9. The van der Waals surface area contributed by atoms with E-state index in [1.54, 1.807) is 25.5 Å². The van der Waals surface area contributed by atoms with Gasteiger partial charge in [-0.25, -0.2) is 4.39 Å². The number of rotatable bonds is 6. The van der Waals surface area contributed by atoms with Crippen molar-refractivity contribution >= 4 is 6.21 Å². The number of aromatic nitrogens is 2. The van der Waals surface area contributed by atoms with Crippen molar-refractivity contribution in [2.45, 2.75) is 6.61 Å². The van der Waals surface area contributed by atoms with E-state index in [2.05, 4.69) is 15.4 Å². The normalized spacial score (nSPS) is 10.9. The standard InChI is InChI=1S/C17H14FN3O3/c1-22-15-8-2-12(3-9-15)10-19-23-11-16-20-21-17(24-16)13-4-6-14(18)7-5-13/h2-10H,11H2,1H3/b19-10-. The van der Waals surface area contributed by atoms with Gasteiger partial charge in [-0.3, -0.25) is 0 Å². The second-order valence-electron chi connectivity index (χ2n) is 4.79. The molecule has 0 saturated heterocycles. The summed E-state index contributed by atoms with van der Waals surface area (Å²) in [6, 6.07) is 13.1. The lowest BCUT2D eigenvalue weighted by Crippen LogP contribution is -1.89. The molecule has 7 heteroatoms. The molecule has 0 N–H and O–H groups in total. The van der Waals surface area contributed by atoms with E-state index in [-0.39, 0.29) is 18.3 Å². The highest BCUT2D eigenvalue weighted by Gasteiger charge is 2.08. The largest absolute Gasteiger partial charge is 0.497 e. The number of methoxy groups -OCH3 is 1. The Morgan fingerprint density at radius 3 is 2.54 bits per heavy atom. The topological polar surface area (TPSA) is 69.7 Å². The number of ether oxygens (including phenoxy) is 1. The Morgan fingerprint density at radius 2 is 1.83 bits per heavy atom. The van der Waals surface area contributed by atoms with E-state index in [4.69, 9.17) is 14.0 Å². The SMILES string of the molecule is COc1ccc(/C=N\OCc2nnc(-c3ccc(F)cc3)o2)cc1. The van der Waals surface area contributed by atoms with Gasteiger partial charge in [-0.2, -0.15) is 0 Å². The lowest BCUT2D eigenvalue weighted by Gasteiger charge is -1.98. The third-order valence-electron chi connectivity index (χ3n) is 3.14. The monoisotopic (exact) mass is 327 g/mol. The van der Waals surface area contributed by atoms with Crippen molar-refractivity contribution in [3.63, 3.8) is 0 Å². The molecule has 0 radical (unpaired) electrons. The molecule has 0 aliphatic heterocycles. The first-order valence-electron chi connectivity index (χ1n) is 7.12. The Hall–Kier alpha value is -3.22. The molecule has 2 aromatic carbocycles. The second-order valence-corrected chi connectivity index (χ2v) is 4.79. The highest BCUT2D eigenvalue weighted by molar-refractivity contribution is 5.79. The summed E-state index contributed by atoms with van der Waals surface area (Å²) in [7, 11) is 1.61. The van der Waals surface area contributed by atoms with Crippen LogP contribution in [0.15, 0.2) is 58.1 Å². The summed E-state index contributed by atoms with van der Waals surface area (Å²) in [5.74, 6) is 1.02. The third kappa shape index (κ3) is 3.95. The zero-order chi connectivity index (χ0) is 16.8. The van der Waals surface area contributed by atoms with Crippen LogP contribution in [0, 0.1) is 5.82 Å². The molecule has 3 rings (SSSR count). The van der Waals surface area contributed by atoms with Crippen molar-refractivity contribution in [3.8, 4) is 17.2 Å². The summed E-state index contributed by atoms with van der Waals surface area (Å²) < 4.78 is 23.4. The summed E-state index contributed by atoms with van der Waals surface area (Å²) in [6.45, 7) is 0.0425. The highest BCUT2D eigenvalue weighted by atomic mass is 19.1. The first-order chi connectivity index (χ1) is 11.7. The molecule has 1 heterocycles. The number of oxime groups is 1. The Kier molecular flexibility index (Phi) is 4.81. The van der Waals surface area contributed by atoms with Gasteiger partial charge in [0.1, 0.15) is 11.6 Å². The predicted octanol–water partition coefficient (Wildman–Crippen LogP) is 3.44. The van der Waals surface area contributed by atoms with Crippen molar-refractivity contribution in [1.82, 2.24) is 10.2 Å². The molecular formula is C17H14FN3O3. The minimum absolute atomic E-state index is 0.0425. The van der Waals surface area contributed by atoms with E-state index in [1.165, 1.54) is 12.1 Å². The molecule has 0 aliphatic carbocycles. The summed E-state index contributed by atoms with van der Waals surface area (Å²) in [5.41, 5.74) is 1.50. The average molecular weight is 327 g/mol. The fraction of sp³-hybridized carbons (Fsp3) is 0.118. The van der Waals surface area contributed by atoms with Crippen LogP contribution in [0.2, 0.25) is 0 Å². The van der Waals surface area contributed by atoms with E-state index < -0.39 is 0 Å². The van der Waals surface area contributed by atoms with Gasteiger partial charge in [-0.15, -0.1) is 10.2 Å². The van der Waals surface area contributed by atoms with E-state index in [9.17, 15) is 4.39 Å². The summed E-state index contributed by atoms with van der Waals surface area (Å²) in [5, 5.41) is 11.6. The van der Waals surface area contributed by atoms with Crippen LogP contribution in [0.3, 0.4) is 0 Å². The minimum Gasteiger partial charge on any atom is -0.497 e. The zero-order valence-corrected chi connectivity index (χ0v) is 12.8. The van der Waals surface area contributed by atoms with E-state index in [0.717, 1.165) is 11.3 Å². The highest BCUT2D eigenvalue weighted by Crippen LogP contribution is 2.18. The summed E-state index contributed by atoms with van der Waals surface area (Å²) in [4.78, 5) is 5.13. The fourth-order valence-corrected chi connectivity index (χ4v) is 1.90. The maximum Gasteiger partial charge on any atom is 0.257 e. The lowest BCUT2D eigenvalue weighted by atomic mass is 10.2. The van der Waals surface area contributed by atoms with Gasteiger partial charge in [0.05, 0.1) is 13.3 Å². The van der Waals surface area contributed by atoms with Crippen LogP contribution >= 0.6 is 0 Å². The molecule has 0 atom stereocenters. The Morgan fingerprint density at radius 1 is 1.08 bits per heavy atom. The summed E-state index contributed by atoms with van der Waals surface area (Å²) >= 11 is 0. The van der Waals surface area contributed by atoms with Crippen LogP contribution in [0.5, 0.6) is 5.75 Å². The molecule has 122 valence electrons. The molecular weight excluding hydrogens is 313 g/mol. The molecule has 3 aromatic rings. The number of nitrogens with zero attached hydrogens (tertiary/aromatic N) is 3. The lowest BCUT2D eigenvalue weighted by molar-refractivity contribution is 0.112. The summed E-state index contributed by atoms with van der Waals surface area (Å²) in [6.07, 6.45) is 1.57. The molecule has 1 aromatic heterocycles. The molecule has 0 amide bonds. The van der Waals surface area contributed by atoms with Gasteiger partial charge in [-0.1, -0.05) is 5.16 Å². The molecule has 0 saturated carbocycles. The Labute approximate surface area is 137 Å². The van der Waals surface area contributed by atoms with Gasteiger partial charge < -0.3 is 14.0 Å². The van der Waals surface area contributed by atoms with Crippen molar-refractivity contribution < 1.29 is 18.4 Å². The van der Waals surface area contributed by atoms with Gasteiger partial charge in [0.25, 0.3) is 5.89 Å². The second kappa shape index (κ2) is 7.36. The maximum atomic E-state index is 12.9. The van der Waals surface area contributed by atoms with Crippen LogP contribution < -0.4 is 4.74 Å². The number of halogens is 1. The molecule has 0 fully saturated rings. The van der Waals surface area contributed by atoms with Crippen LogP contribution in [0.4, 0.5) is 4.39 Å². The smallest absolute Gasteiger partial charge is 0.257 e. The van der Waals surface area contributed by atoms with Gasteiger partial charge >= 0.3 is 0 Å². The first kappa shape index (κ1) is 15.7. The van der Waals surface area contributed by atoms with Gasteiger partial charge in [0.2, 0.25) is 5.89 Å². The fourth-order valence-electron chi connectivity index (χ4n) is 1.90.